The number of primary sulfonamides is 1. The molecule has 0 aliphatic rings. The van der Waals surface area contributed by atoms with Gasteiger partial charge in [0.05, 0.1) is 12.4 Å². The van der Waals surface area contributed by atoms with E-state index < -0.39 is 21.5 Å². The molecule has 1 aromatic heterocycles. The van der Waals surface area contributed by atoms with Crippen LogP contribution in [0.25, 0.3) is 0 Å². The topological polar surface area (TPSA) is 78.0 Å². The molecule has 0 bridgehead atoms. The molecular weight excluding hydrogens is 192 g/mol. The summed E-state index contributed by atoms with van der Waals surface area (Å²) in [5.41, 5.74) is 0. The monoisotopic (exact) mass is 197 g/mol. The summed E-state index contributed by atoms with van der Waals surface area (Å²) < 4.78 is 45.0. The number of halogens is 2. The Labute approximate surface area is 66.8 Å². The van der Waals surface area contributed by atoms with Crippen LogP contribution in [0.15, 0.2) is 17.3 Å². The molecule has 1 rings (SSSR count). The molecule has 0 saturated carbocycles. The van der Waals surface area contributed by atoms with Gasteiger partial charge in [0.15, 0.2) is 0 Å². The lowest BCUT2D eigenvalue weighted by Crippen LogP contribution is -2.11. The number of rotatable bonds is 2. The molecule has 5 nitrogen and oxygen atoms in total. The number of hydrogen-bond donors (Lipinski definition) is 1. The third-order valence-electron chi connectivity index (χ3n) is 1.11. The molecule has 0 aliphatic heterocycles. The predicted molar refractivity (Wildman–Crippen MR) is 34.9 cm³/mol. The second-order valence-electron chi connectivity index (χ2n) is 1.98. The Morgan fingerprint density at radius 2 is 2.17 bits per heavy atom. The minimum Gasteiger partial charge on any atom is -0.225 e. The smallest absolute Gasteiger partial charge is 0.225 e. The van der Waals surface area contributed by atoms with Gasteiger partial charge in [-0.25, -0.2) is 18.2 Å². The number of nitrogens with zero attached hydrogens (tertiary/aromatic N) is 2. The summed E-state index contributed by atoms with van der Waals surface area (Å²) in [7, 11) is -3.93. The van der Waals surface area contributed by atoms with E-state index in [4.69, 9.17) is 0 Å². The molecule has 68 valence electrons. The molecular formula is C4H5F2N3O2S. The first-order valence-electron chi connectivity index (χ1n) is 2.76. The second-order valence-corrected chi connectivity index (χ2v) is 3.54. The fourth-order valence-electron chi connectivity index (χ4n) is 0.574. The van der Waals surface area contributed by atoms with Gasteiger partial charge in [0.2, 0.25) is 10.0 Å². The average Bonchev–Trinajstić information content (AvgIpc) is 2.30. The van der Waals surface area contributed by atoms with E-state index in [-0.39, 0.29) is 4.68 Å². The fraction of sp³-hybridized carbons (Fsp3) is 0.250. The largest absolute Gasteiger partial charge is 0.333 e. The molecule has 0 unspecified atom stereocenters. The number of nitrogens with two attached hydrogens (primary N) is 1. The molecule has 0 aromatic carbocycles. The SMILES string of the molecule is NS(=O)(=O)c1cnn(C(F)F)c1. The van der Waals surface area contributed by atoms with E-state index in [2.05, 4.69) is 10.2 Å². The lowest BCUT2D eigenvalue weighted by molar-refractivity contribution is 0.0564. The van der Waals surface area contributed by atoms with E-state index in [1.54, 1.807) is 0 Å². The molecule has 1 heterocycles. The van der Waals surface area contributed by atoms with Crippen LogP contribution in [0.2, 0.25) is 0 Å². The number of sulfonamides is 1. The van der Waals surface area contributed by atoms with Gasteiger partial charge in [0.1, 0.15) is 4.90 Å². The van der Waals surface area contributed by atoms with Crippen LogP contribution in [0.4, 0.5) is 8.78 Å². The van der Waals surface area contributed by atoms with E-state index in [0.717, 1.165) is 6.20 Å². The Kier molecular flexibility index (Phi) is 2.11. The van der Waals surface area contributed by atoms with Crippen LogP contribution in [0.3, 0.4) is 0 Å². The number of aromatic nitrogens is 2. The summed E-state index contributed by atoms with van der Waals surface area (Å²) >= 11 is 0. The first-order valence-corrected chi connectivity index (χ1v) is 4.31. The summed E-state index contributed by atoms with van der Waals surface area (Å²) in [5, 5.41) is 7.73. The molecule has 12 heavy (non-hydrogen) atoms. The standard InChI is InChI=1S/C4H5F2N3O2S/c5-4(6)9-2-3(1-8-9)12(7,10)11/h1-2,4H,(H2,7,10,11). The van der Waals surface area contributed by atoms with Gasteiger partial charge in [-0.2, -0.15) is 13.9 Å². The number of hydrogen-bond acceptors (Lipinski definition) is 3. The Morgan fingerprint density at radius 1 is 1.58 bits per heavy atom. The molecule has 0 atom stereocenters. The Hall–Kier alpha value is -1.02. The maximum absolute atomic E-state index is 11.8. The fourth-order valence-corrected chi connectivity index (χ4v) is 1.02. The van der Waals surface area contributed by atoms with Crippen molar-refractivity contribution in [2.75, 3.05) is 0 Å². The van der Waals surface area contributed by atoms with E-state index in [0.29, 0.717) is 6.20 Å². The Balaban J connectivity index is 3.09. The molecule has 0 spiro atoms. The van der Waals surface area contributed by atoms with Gasteiger partial charge in [0, 0.05) is 0 Å². The van der Waals surface area contributed by atoms with Gasteiger partial charge in [-0.3, -0.25) is 0 Å². The van der Waals surface area contributed by atoms with Crippen LogP contribution in [-0.4, -0.2) is 18.2 Å². The zero-order valence-corrected chi connectivity index (χ0v) is 6.50. The van der Waals surface area contributed by atoms with Crippen LogP contribution in [0, 0.1) is 0 Å². The minimum atomic E-state index is -3.93. The van der Waals surface area contributed by atoms with Crippen molar-refractivity contribution in [1.82, 2.24) is 9.78 Å². The summed E-state index contributed by atoms with van der Waals surface area (Å²) in [5.74, 6) is 0. The molecule has 0 amide bonds. The van der Waals surface area contributed by atoms with Crippen molar-refractivity contribution >= 4 is 10.0 Å². The van der Waals surface area contributed by atoms with Crippen LogP contribution in [0.5, 0.6) is 0 Å². The van der Waals surface area contributed by atoms with Crippen molar-refractivity contribution in [3.63, 3.8) is 0 Å². The average molecular weight is 197 g/mol. The highest BCUT2D eigenvalue weighted by Crippen LogP contribution is 2.11. The third kappa shape index (κ3) is 1.77. The van der Waals surface area contributed by atoms with E-state index in [9.17, 15) is 17.2 Å². The quantitative estimate of drug-likeness (QED) is 0.720. The third-order valence-corrected chi connectivity index (χ3v) is 1.97. The lowest BCUT2D eigenvalue weighted by atomic mass is 10.7. The zero-order valence-electron chi connectivity index (χ0n) is 5.68. The summed E-state index contributed by atoms with van der Waals surface area (Å²) in [6.07, 6.45) is 1.43. The highest BCUT2D eigenvalue weighted by Gasteiger charge is 2.13. The van der Waals surface area contributed by atoms with Crippen molar-refractivity contribution in [3.05, 3.63) is 12.4 Å². The minimum absolute atomic E-state index is 0.208. The highest BCUT2D eigenvalue weighted by molar-refractivity contribution is 7.89. The van der Waals surface area contributed by atoms with Gasteiger partial charge >= 0.3 is 6.55 Å². The Morgan fingerprint density at radius 3 is 2.42 bits per heavy atom. The van der Waals surface area contributed by atoms with Gasteiger partial charge in [-0.05, 0) is 0 Å². The van der Waals surface area contributed by atoms with Crippen molar-refractivity contribution in [2.24, 2.45) is 5.14 Å². The van der Waals surface area contributed by atoms with Crippen LogP contribution in [-0.2, 0) is 10.0 Å². The van der Waals surface area contributed by atoms with Crippen LogP contribution >= 0.6 is 0 Å². The Bertz CT molecular complexity index is 371. The maximum atomic E-state index is 11.8. The summed E-state index contributed by atoms with van der Waals surface area (Å²) in [6.45, 7) is -2.86. The number of alkyl halides is 2. The van der Waals surface area contributed by atoms with Crippen LogP contribution in [0.1, 0.15) is 6.55 Å². The van der Waals surface area contributed by atoms with E-state index in [1.807, 2.05) is 0 Å². The van der Waals surface area contributed by atoms with E-state index in [1.165, 1.54) is 0 Å². The van der Waals surface area contributed by atoms with Gasteiger partial charge < -0.3 is 0 Å². The van der Waals surface area contributed by atoms with Gasteiger partial charge in [0.25, 0.3) is 0 Å². The first kappa shape index (κ1) is 9.07. The van der Waals surface area contributed by atoms with Crippen molar-refractivity contribution in [1.29, 1.82) is 0 Å². The molecule has 0 fully saturated rings. The highest BCUT2D eigenvalue weighted by atomic mass is 32.2. The zero-order chi connectivity index (χ0) is 9.35. The predicted octanol–water partition coefficient (Wildman–Crippen LogP) is -0.0744. The van der Waals surface area contributed by atoms with Gasteiger partial charge in [-0.1, -0.05) is 0 Å². The molecule has 8 heteroatoms. The molecule has 0 radical (unpaired) electrons. The maximum Gasteiger partial charge on any atom is 0.333 e. The van der Waals surface area contributed by atoms with Crippen molar-refractivity contribution in [2.45, 2.75) is 11.4 Å². The summed E-state index contributed by atoms with van der Waals surface area (Å²) in [6, 6.07) is 0. The summed E-state index contributed by atoms with van der Waals surface area (Å²) in [4.78, 5) is -0.428. The molecule has 0 saturated heterocycles. The van der Waals surface area contributed by atoms with Gasteiger partial charge in [-0.15, -0.1) is 0 Å². The molecule has 0 aliphatic carbocycles. The van der Waals surface area contributed by atoms with Crippen LogP contribution < -0.4 is 5.14 Å². The normalized spacial score (nSPS) is 12.3. The van der Waals surface area contributed by atoms with Crippen molar-refractivity contribution in [3.8, 4) is 0 Å². The molecule has 2 N–H and O–H groups in total. The lowest BCUT2D eigenvalue weighted by Gasteiger charge is -1.94. The second kappa shape index (κ2) is 2.79. The molecule has 1 aromatic rings. The first-order chi connectivity index (χ1) is 5.41. The van der Waals surface area contributed by atoms with E-state index >= 15 is 0 Å². The van der Waals surface area contributed by atoms with Crippen molar-refractivity contribution < 1.29 is 17.2 Å².